The van der Waals surface area contributed by atoms with Crippen LogP contribution in [0.3, 0.4) is 0 Å². The van der Waals surface area contributed by atoms with Crippen LogP contribution in [0.25, 0.3) is 0 Å². The molecule has 1 unspecified atom stereocenters. The zero-order valence-electron chi connectivity index (χ0n) is 6.43. The van der Waals surface area contributed by atoms with Crippen molar-refractivity contribution in [3.63, 3.8) is 0 Å². The predicted molar refractivity (Wildman–Crippen MR) is 38.6 cm³/mol. The summed E-state index contributed by atoms with van der Waals surface area (Å²) in [5.74, 6) is 0.598. The molecule has 3 nitrogen and oxygen atoms in total. The van der Waals surface area contributed by atoms with Gasteiger partial charge in [0.2, 0.25) is 0 Å². The molecule has 0 aromatic rings. The van der Waals surface area contributed by atoms with Gasteiger partial charge in [-0.2, -0.15) is 0 Å². The van der Waals surface area contributed by atoms with Crippen LogP contribution in [0.15, 0.2) is 0 Å². The normalized spacial score (nSPS) is 26.7. The minimum Gasteiger partial charge on any atom is -0.381 e. The number of rotatable bonds is 3. The van der Waals surface area contributed by atoms with Gasteiger partial charge >= 0.3 is 0 Å². The van der Waals surface area contributed by atoms with E-state index in [0.717, 1.165) is 19.8 Å². The molecule has 0 spiro atoms. The van der Waals surface area contributed by atoms with Crippen LogP contribution in [0.4, 0.5) is 0 Å². The predicted octanol–water partition coefficient (Wildman–Crippen LogP) is 0.564. The molecule has 1 heterocycles. The molecule has 1 aliphatic heterocycles. The molecule has 1 atom stereocenters. The lowest BCUT2D eigenvalue weighted by Crippen LogP contribution is -2.24. The van der Waals surface area contributed by atoms with Crippen molar-refractivity contribution in [1.29, 1.82) is 0 Å². The number of hydrogen-bond donors (Lipinski definition) is 1. The van der Waals surface area contributed by atoms with Crippen molar-refractivity contribution in [3.05, 3.63) is 0 Å². The molecule has 1 saturated heterocycles. The Hall–Kier alpha value is -0.120. The van der Waals surface area contributed by atoms with Crippen LogP contribution in [0.1, 0.15) is 12.8 Å². The summed E-state index contributed by atoms with van der Waals surface area (Å²) < 4.78 is 5.27. The third-order valence-electron chi connectivity index (χ3n) is 1.72. The lowest BCUT2D eigenvalue weighted by atomic mass is 10.0. The summed E-state index contributed by atoms with van der Waals surface area (Å²) in [6, 6.07) is 0. The molecule has 0 amide bonds. The molecule has 0 radical (unpaired) electrons. The van der Waals surface area contributed by atoms with Crippen LogP contribution in [0, 0.1) is 5.92 Å². The molecule has 0 aromatic heterocycles. The molecule has 1 rings (SSSR count). The first-order valence-electron chi connectivity index (χ1n) is 3.79. The highest BCUT2D eigenvalue weighted by molar-refractivity contribution is 4.61. The molecular formula is C7H15NO2. The Morgan fingerprint density at radius 3 is 3.20 bits per heavy atom. The molecule has 0 aliphatic carbocycles. The Morgan fingerprint density at radius 1 is 1.70 bits per heavy atom. The number of nitrogens with one attached hydrogen (secondary N) is 1. The molecule has 0 bridgehead atoms. The van der Waals surface area contributed by atoms with Crippen LogP contribution in [-0.2, 0) is 9.57 Å². The van der Waals surface area contributed by atoms with Gasteiger partial charge in [0.25, 0.3) is 0 Å². The van der Waals surface area contributed by atoms with Gasteiger partial charge in [-0.25, -0.2) is 5.48 Å². The fraction of sp³-hybridized carbons (Fsp3) is 1.00. The van der Waals surface area contributed by atoms with Crippen molar-refractivity contribution in [1.82, 2.24) is 5.48 Å². The average molecular weight is 145 g/mol. The summed E-state index contributed by atoms with van der Waals surface area (Å²) in [5.41, 5.74) is 2.66. The Morgan fingerprint density at radius 2 is 2.60 bits per heavy atom. The average Bonchev–Trinajstić information content (AvgIpc) is 2.03. The zero-order valence-corrected chi connectivity index (χ0v) is 6.43. The van der Waals surface area contributed by atoms with Gasteiger partial charge in [0, 0.05) is 19.6 Å². The van der Waals surface area contributed by atoms with E-state index < -0.39 is 0 Å². The fourth-order valence-corrected chi connectivity index (χ4v) is 1.14. The highest BCUT2D eigenvalue weighted by Gasteiger charge is 2.13. The van der Waals surface area contributed by atoms with E-state index in [-0.39, 0.29) is 0 Å². The van der Waals surface area contributed by atoms with Gasteiger partial charge in [-0.15, -0.1) is 0 Å². The van der Waals surface area contributed by atoms with E-state index >= 15 is 0 Å². The van der Waals surface area contributed by atoms with E-state index in [2.05, 4.69) is 5.48 Å². The summed E-state index contributed by atoms with van der Waals surface area (Å²) in [7, 11) is 1.78. The lowest BCUT2D eigenvalue weighted by Gasteiger charge is -2.20. The van der Waals surface area contributed by atoms with Crippen molar-refractivity contribution in [2.45, 2.75) is 12.8 Å². The number of hydroxylamine groups is 1. The van der Waals surface area contributed by atoms with Crippen molar-refractivity contribution in [2.24, 2.45) is 5.92 Å². The minimum atomic E-state index is 0.598. The van der Waals surface area contributed by atoms with Crippen molar-refractivity contribution >= 4 is 0 Å². The Labute approximate surface area is 61.7 Å². The molecular weight excluding hydrogens is 130 g/mol. The van der Waals surface area contributed by atoms with Gasteiger partial charge < -0.3 is 9.57 Å². The smallest absolute Gasteiger partial charge is 0.0732 e. The van der Waals surface area contributed by atoms with Gasteiger partial charge in [0.05, 0.1) is 13.2 Å². The summed E-state index contributed by atoms with van der Waals surface area (Å²) in [4.78, 5) is 5.04. The van der Waals surface area contributed by atoms with Gasteiger partial charge in [0.15, 0.2) is 0 Å². The zero-order chi connectivity index (χ0) is 7.23. The Balaban J connectivity index is 2.02. The van der Waals surface area contributed by atoms with Crippen molar-refractivity contribution in [3.8, 4) is 0 Å². The molecule has 1 aliphatic rings. The minimum absolute atomic E-state index is 0.598. The van der Waals surface area contributed by atoms with Crippen molar-refractivity contribution in [2.75, 3.05) is 26.9 Å². The first-order valence-corrected chi connectivity index (χ1v) is 3.79. The summed E-state index contributed by atoms with van der Waals surface area (Å²) in [5, 5.41) is 0. The second-order valence-electron chi connectivity index (χ2n) is 2.60. The maximum absolute atomic E-state index is 5.27. The molecule has 3 heteroatoms. The summed E-state index contributed by atoms with van der Waals surface area (Å²) >= 11 is 0. The standard InChI is InChI=1S/C7H15NO2/c1-8-10-6-7-3-2-4-9-5-7/h7-8H,2-6H2,1H3. The quantitative estimate of drug-likeness (QED) is 0.589. The second-order valence-corrected chi connectivity index (χ2v) is 2.60. The Kier molecular flexibility index (Phi) is 3.72. The highest BCUT2D eigenvalue weighted by atomic mass is 16.6. The van der Waals surface area contributed by atoms with Crippen LogP contribution in [0.2, 0.25) is 0 Å². The topological polar surface area (TPSA) is 30.5 Å². The third kappa shape index (κ3) is 2.64. The molecule has 1 N–H and O–H groups in total. The molecule has 1 fully saturated rings. The van der Waals surface area contributed by atoms with E-state index in [4.69, 9.17) is 9.57 Å². The van der Waals surface area contributed by atoms with Gasteiger partial charge in [-0.1, -0.05) is 0 Å². The second kappa shape index (κ2) is 4.66. The van der Waals surface area contributed by atoms with Crippen molar-refractivity contribution < 1.29 is 9.57 Å². The summed E-state index contributed by atoms with van der Waals surface area (Å²) in [6.07, 6.45) is 2.42. The number of ether oxygens (including phenoxy) is 1. The first-order chi connectivity index (χ1) is 4.93. The maximum atomic E-state index is 5.27. The SMILES string of the molecule is CNOCC1CCCOC1. The van der Waals surface area contributed by atoms with E-state index in [9.17, 15) is 0 Å². The maximum Gasteiger partial charge on any atom is 0.0732 e. The highest BCUT2D eigenvalue weighted by Crippen LogP contribution is 2.12. The molecule has 0 saturated carbocycles. The molecule has 10 heavy (non-hydrogen) atoms. The lowest BCUT2D eigenvalue weighted by molar-refractivity contribution is -0.0227. The van der Waals surface area contributed by atoms with E-state index in [1.807, 2.05) is 0 Å². The monoisotopic (exact) mass is 145 g/mol. The molecule has 0 aromatic carbocycles. The van der Waals surface area contributed by atoms with Crippen LogP contribution in [-0.4, -0.2) is 26.9 Å². The number of hydrogen-bond acceptors (Lipinski definition) is 3. The third-order valence-corrected chi connectivity index (χ3v) is 1.72. The fourth-order valence-electron chi connectivity index (χ4n) is 1.14. The largest absolute Gasteiger partial charge is 0.381 e. The van der Waals surface area contributed by atoms with Crippen LogP contribution >= 0.6 is 0 Å². The first kappa shape index (κ1) is 7.98. The van der Waals surface area contributed by atoms with Gasteiger partial charge in [-0.3, -0.25) is 0 Å². The van der Waals surface area contributed by atoms with Crippen LogP contribution in [0.5, 0.6) is 0 Å². The molecule has 60 valence electrons. The van der Waals surface area contributed by atoms with E-state index in [0.29, 0.717) is 5.92 Å². The van der Waals surface area contributed by atoms with Gasteiger partial charge in [-0.05, 0) is 12.8 Å². The van der Waals surface area contributed by atoms with E-state index in [1.165, 1.54) is 12.8 Å². The Bertz CT molecular complexity index is 81.7. The van der Waals surface area contributed by atoms with Gasteiger partial charge in [0.1, 0.15) is 0 Å². The van der Waals surface area contributed by atoms with Crippen LogP contribution < -0.4 is 5.48 Å². The summed E-state index contributed by atoms with van der Waals surface area (Å²) in [6.45, 7) is 2.56. The van der Waals surface area contributed by atoms with E-state index in [1.54, 1.807) is 7.05 Å².